The first-order valence-corrected chi connectivity index (χ1v) is 10.3. The summed E-state index contributed by atoms with van der Waals surface area (Å²) in [5, 5.41) is 8.90. The number of rotatable bonds is 3. The van der Waals surface area contributed by atoms with E-state index < -0.39 is 5.60 Å². The van der Waals surface area contributed by atoms with Crippen LogP contribution in [0.2, 0.25) is 0 Å². The fraction of sp³-hybridized carbons (Fsp3) is 0.684. The van der Waals surface area contributed by atoms with Gasteiger partial charge in [0.2, 0.25) is 11.7 Å². The molecule has 148 valence electrons. The number of hydrogen-bond donors (Lipinski definition) is 1. The maximum atomic E-state index is 5.81. The highest BCUT2D eigenvalue weighted by atomic mass is 16.5. The van der Waals surface area contributed by atoms with Gasteiger partial charge >= 0.3 is 0 Å². The summed E-state index contributed by atoms with van der Waals surface area (Å²) in [4.78, 5) is 11.3. The van der Waals surface area contributed by atoms with Crippen LogP contribution in [0.5, 0.6) is 0 Å². The molecule has 6 rings (SSSR count). The minimum absolute atomic E-state index is 0.114. The molecule has 2 aromatic rings. The first kappa shape index (κ1) is 16.5. The van der Waals surface area contributed by atoms with E-state index in [2.05, 4.69) is 30.1 Å². The van der Waals surface area contributed by atoms with Crippen LogP contribution in [-0.2, 0) is 10.3 Å². The summed E-state index contributed by atoms with van der Waals surface area (Å²) in [6, 6.07) is 0.475. The van der Waals surface area contributed by atoms with Crippen molar-refractivity contribution in [2.45, 2.75) is 69.2 Å². The lowest BCUT2D eigenvalue weighted by Gasteiger charge is -2.45. The van der Waals surface area contributed by atoms with Crippen molar-refractivity contribution in [1.82, 2.24) is 25.1 Å². The third-order valence-corrected chi connectivity index (χ3v) is 7.07. The van der Waals surface area contributed by atoms with Crippen LogP contribution in [-0.4, -0.2) is 38.8 Å². The van der Waals surface area contributed by atoms with Crippen molar-refractivity contribution in [3.8, 4) is 0 Å². The lowest BCUT2D eigenvalue weighted by molar-refractivity contribution is -0.0178. The predicted octanol–water partition coefficient (Wildman–Crippen LogP) is 2.52. The van der Waals surface area contributed by atoms with Gasteiger partial charge in [-0.1, -0.05) is 18.0 Å². The van der Waals surface area contributed by atoms with Crippen LogP contribution >= 0.6 is 0 Å². The molecule has 9 nitrogen and oxygen atoms in total. The van der Waals surface area contributed by atoms with Gasteiger partial charge in [0.1, 0.15) is 17.6 Å². The summed E-state index contributed by atoms with van der Waals surface area (Å²) in [6.07, 6.45) is 13.0. The van der Waals surface area contributed by atoms with Gasteiger partial charge in [0, 0.05) is 19.1 Å². The van der Waals surface area contributed by atoms with Crippen molar-refractivity contribution >= 4 is 11.7 Å². The molecule has 1 N–H and O–H groups in total. The third kappa shape index (κ3) is 2.16. The number of hydrogen-bond acceptors (Lipinski definition) is 8. The molecule has 9 heteroatoms. The van der Waals surface area contributed by atoms with Crippen molar-refractivity contribution in [3.63, 3.8) is 0 Å². The standard InChI is InChI=1S/C19H25N7O2/c1-27-19(8-4-5-9-19)18-21-17(28-24-18)16-23-22-15-12-6-2-3-7-13(12)25-11-20-10-14(25)26(15)16/h10-13,15,22H,2-9H2,1H3. The number of imidazole rings is 1. The van der Waals surface area contributed by atoms with Crippen LogP contribution in [0.25, 0.3) is 0 Å². The summed E-state index contributed by atoms with van der Waals surface area (Å²) in [5.41, 5.74) is 2.93. The smallest absolute Gasteiger partial charge is 0.295 e. The summed E-state index contributed by atoms with van der Waals surface area (Å²) in [6.45, 7) is 0. The number of fused-ring (bicyclic) bond motifs is 6. The number of hydrazone groups is 1. The predicted molar refractivity (Wildman–Crippen MR) is 101 cm³/mol. The summed E-state index contributed by atoms with van der Waals surface area (Å²) < 4.78 is 13.8. The minimum atomic E-state index is -0.425. The van der Waals surface area contributed by atoms with E-state index >= 15 is 0 Å². The maximum absolute atomic E-state index is 5.81. The quantitative estimate of drug-likeness (QED) is 0.870. The Morgan fingerprint density at radius 2 is 2.07 bits per heavy atom. The second-order valence-corrected chi connectivity index (χ2v) is 8.38. The van der Waals surface area contributed by atoms with E-state index in [-0.39, 0.29) is 6.17 Å². The molecular weight excluding hydrogens is 358 g/mol. The van der Waals surface area contributed by atoms with Gasteiger partial charge in [0.15, 0.2) is 0 Å². The summed E-state index contributed by atoms with van der Waals surface area (Å²) >= 11 is 0. The monoisotopic (exact) mass is 383 g/mol. The van der Waals surface area contributed by atoms with Crippen molar-refractivity contribution < 1.29 is 9.26 Å². The molecule has 0 aromatic carbocycles. The minimum Gasteiger partial charge on any atom is -0.370 e. The molecule has 0 bridgehead atoms. The van der Waals surface area contributed by atoms with Gasteiger partial charge in [0.05, 0.1) is 12.5 Å². The van der Waals surface area contributed by atoms with E-state index in [4.69, 9.17) is 14.2 Å². The van der Waals surface area contributed by atoms with Gasteiger partial charge in [-0.2, -0.15) is 10.1 Å². The Hall–Kier alpha value is -2.42. The van der Waals surface area contributed by atoms with Crippen molar-refractivity contribution in [2.75, 3.05) is 12.0 Å². The highest BCUT2D eigenvalue weighted by Crippen LogP contribution is 2.46. The van der Waals surface area contributed by atoms with Crippen LogP contribution in [0.15, 0.2) is 22.1 Å². The number of aromatic nitrogens is 4. The van der Waals surface area contributed by atoms with E-state index in [1.807, 2.05) is 12.5 Å². The molecule has 0 amide bonds. The zero-order valence-corrected chi connectivity index (χ0v) is 16.0. The van der Waals surface area contributed by atoms with Gasteiger partial charge in [-0.05, 0) is 38.5 Å². The molecule has 2 aliphatic heterocycles. The maximum Gasteiger partial charge on any atom is 0.295 e. The van der Waals surface area contributed by atoms with Crippen LogP contribution < -0.4 is 10.3 Å². The van der Waals surface area contributed by atoms with E-state index in [1.165, 1.54) is 25.7 Å². The normalized spacial score (nSPS) is 30.4. The number of ether oxygens (including phenoxy) is 1. The lowest BCUT2D eigenvalue weighted by Crippen LogP contribution is -2.53. The van der Waals surface area contributed by atoms with Crippen LogP contribution in [0, 0.1) is 5.92 Å². The molecule has 3 atom stereocenters. The fourth-order valence-electron chi connectivity index (χ4n) is 5.62. The first-order valence-electron chi connectivity index (χ1n) is 10.3. The second-order valence-electron chi connectivity index (χ2n) is 8.38. The fourth-order valence-corrected chi connectivity index (χ4v) is 5.62. The molecular formula is C19H25N7O2. The summed E-state index contributed by atoms with van der Waals surface area (Å²) in [7, 11) is 1.73. The topological polar surface area (TPSA) is 93.6 Å². The lowest BCUT2D eigenvalue weighted by atomic mass is 9.80. The number of amidine groups is 1. The Balaban J connectivity index is 1.37. The van der Waals surface area contributed by atoms with Crippen LogP contribution in [0.4, 0.5) is 5.82 Å². The molecule has 3 unspecified atom stereocenters. The van der Waals surface area contributed by atoms with Gasteiger partial charge in [-0.15, -0.1) is 0 Å². The molecule has 2 aromatic heterocycles. The molecule has 2 aliphatic carbocycles. The number of nitrogens with one attached hydrogen (secondary N) is 1. The van der Waals surface area contributed by atoms with Gasteiger partial charge in [-0.25, -0.2) is 4.98 Å². The Morgan fingerprint density at radius 3 is 2.93 bits per heavy atom. The highest BCUT2D eigenvalue weighted by molar-refractivity contribution is 6.08. The largest absolute Gasteiger partial charge is 0.370 e. The van der Waals surface area contributed by atoms with Crippen molar-refractivity contribution in [1.29, 1.82) is 0 Å². The van der Waals surface area contributed by atoms with E-state index in [0.29, 0.717) is 29.5 Å². The molecule has 2 saturated carbocycles. The SMILES string of the molecule is COC1(c2noc(C3=NNC4C5CCCCC5n5cncc5N34)n2)CCCC1. The Kier molecular flexibility index (Phi) is 3.56. The molecule has 4 heterocycles. The molecule has 0 spiro atoms. The van der Waals surface area contributed by atoms with E-state index in [1.54, 1.807) is 7.11 Å². The molecule has 28 heavy (non-hydrogen) atoms. The first-order chi connectivity index (χ1) is 13.8. The van der Waals surface area contributed by atoms with Crippen LogP contribution in [0.3, 0.4) is 0 Å². The Labute approximate surface area is 163 Å². The van der Waals surface area contributed by atoms with E-state index in [0.717, 1.165) is 31.5 Å². The molecule has 0 radical (unpaired) electrons. The average Bonchev–Trinajstić information content (AvgIpc) is 3.53. The van der Waals surface area contributed by atoms with Crippen molar-refractivity contribution in [2.24, 2.45) is 11.0 Å². The summed E-state index contributed by atoms with van der Waals surface area (Å²) in [5.74, 6) is 3.28. The van der Waals surface area contributed by atoms with Crippen molar-refractivity contribution in [3.05, 3.63) is 24.2 Å². The third-order valence-electron chi connectivity index (χ3n) is 7.07. The number of nitrogens with zero attached hydrogens (tertiary/aromatic N) is 6. The zero-order chi connectivity index (χ0) is 18.7. The molecule has 2 fully saturated rings. The second kappa shape index (κ2) is 6.04. The molecule has 0 saturated heterocycles. The zero-order valence-electron chi connectivity index (χ0n) is 16.0. The van der Waals surface area contributed by atoms with Gasteiger partial charge < -0.3 is 13.8 Å². The Bertz CT molecular complexity index is 913. The highest BCUT2D eigenvalue weighted by Gasteiger charge is 2.48. The van der Waals surface area contributed by atoms with Gasteiger partial charge in [0.25, 0.3) is 5.89 Å². The number of anilines is 1. The number of methoxy groups -OCH3 is 1. The van der Waals surface area contributed by atoms with Crippen LogP contribution in [0.1, 0.15) is 69.1 Å². The average molecular weight is 383 g/mol. The Morgan fingerprint density at radius 1 is 1.21 bits per heavy atom. The molecule has 4 aliphatic rings. The van der Waals surface area contributed by atoms with Gasteiger partial charge in [-0.3, -0.25) is 10.3 Å². The van der Waals surface area contributed by atoms with E-state index in [9.17, 15) is 0 Å².